The van der Waals surface area contributed by atoms with E-state index in [2.05, 4.69) is 15.4 Å². The molecule has 2 aromatic rings. The van der Waals surface area contributed by atoms with E-state index in [1.807, 2.05) is 12.3 Å². The highest BCUT2D eigenvalue weighted by Gasteiger charge is 2.00. The normalized spacial score (nSPS) is 10.0. The van der Waals surface area contributed by atoms with E-state index >= 15 is 0 Å². The van der Waals surface area contributed by atoms with Gasteiger partial charge in [-0.15, -0.1) is 0 Å². The van der Waals surface area contributed by atoms with Crippen LogP contribution in [0.5, 0.6) is 0 Å². The molecule has 0 spiro atoms. The molecule has 0 amide bonds. The van der Waals surface area contributed by atoms with E-state index < -0.39 is 0 Å². The molecule has 6 heteroatoms. The largest absolute Gasteiger partial charge is 0.383 e. The highest BCUT2D eigenvalue weighted by atomic mass is 16.5. The van der Waals surface area contributed by atoms with Gasteiger partial charge in [-0.3, -0.25) is 4.68 Å². The molecule has 0 unspecified atom stereocenters. The van der Waals surface area contributed by atoms with Crippen molar-refractivity contribution in [2.75, 3.05) is 19.0 Å². The number of hydrogen-bond acceptors (Lipinski definition) is 5. The molecule has 92 valence electrons. The van der Waals surface area contributed by atoms with Crippen LogP contribution in [0.1, 0.15) is 5.69 Å². The molecule has 0 radical (unpaired) electrons. The minimum Gasteiger partial charge on any atom is -0.383 e. The fourth-order valence-electron chi connectivity index (χ4n) is 1.44. The summed E-state index contributed by atoms with van der Waals surface area (Å²) in [4.78, 5) is 3.98. The molecular weight excluding hydrogens is 230 g/mol. The summed E-state index contributed by atoms with van der Waals surface area (Å²) >= 11 is 0. The molecule has 0 bridgehead atoms. The van der Waals surface area contributed by atoms with Crippen LogP contribution in [0.2, 0.25) is 0 Å². The number of ether oxygens (including phenoxy) is 1. The van der Waals surface area contributed by atoms with E-state index in [4.69, 9.17) is 10.00 Å². The molecule has 6 nitrogen and oxygen atoms in total. The topological polar surface area (TPSA) is 75.8 Å². The molecule has 0 aliphatic rings. The lowest BCUT2D eigenvalue weighted by Crippen LogP contribution is -2.03. The molecular formula is C12H13N5O. The number of nitriles is 1. The van der Waals surface area contributed by atoms with Crippen LogP contribution in [-0.2, 0) is 11.3 Å². The van der Waals surface area contributed by atoms with Crippen molar-refractivity contribution in [3.05, 3.63) is 36.4 Å². The fourth-order valence-corrected chi connectivity index (χ4v) is 1.44. The molecule has 2 aromatic heterocycles. The monoisotopic (exact) mass is 243 g/mol. The Bertz CT molecular complexity index is 540. The second-order valence-corrected chi connectivity index (χ2v) is 3.65. The second kappa shape index (κ2) is 5.80. The Labute approximate surface area is 105 Å². The van der Waals surface area contributed by atoms with Gasteiger partial charge in [-0.1, -0.05) is 0 Å². The Morgan fingerprint density at radius 3 is 2.94 bits per heavy atom. The third kappa shape index (κ3) is 3.06. The van der Waals surface area contributed by atoms with Crippen LogP contribution in [-0.4, -0.2) is 28.5 Å². The maximum atomic E-state index is 8.65. The smallest absolute Gasteiger partial charge is 0.140 e. The minimum atomic E-state index is 0.399. The number of aromatic nitrogens is 3. The lowest BCUT2D eigenvalue weighted by atomic mass is 10.3. The zero-order chi connectivity index (χ0) is 12.8. The molecule has 2 heterocycles. The number of nitrogens with one attached hydrogen (secondary N) is 1. The fraction of sp³-hybridized carbons (Fsp3) is 0.250. The van der Waals surface area contributed by atoms with Gasteiger partial charge in [0, 0.05) is 13.3 Å². The summed E-state index contributed by atoms with van der Waals surface area (Å²) in [7, 11) is 1.66. The summed E-state index contributed by atoms with van der Waals surface area (Å²) < 4.78 is 6.77. The van der Waals surface area contributed by atoms with Crippen molar-refractivity contribution in [2.24, 2.45) is 0 Å². The van der Waals surface area contributed by atoms with Crippen LogP contribution in [0.4, 0.5) is 11.4 Å². The first kappa shape index (κ1) is 12.1. The molecule has 0 saturated heterocycles. The number of methoxy groups -OCH3 is 1. The Hall–Kier alpha value is -2.39. The first-order valence-corrected chi connectivity index (χ1v) is 5.46. The van der Waals surface area contributed by atoms with Crippen molar-refractivity contribution in [3.8, 4) is 6.07 Å². The quantitative estimate of drug-likeness (QED) is 0.862. The van der Waals surface area contributed by atoms with Gasteiger partial charge in [0.1, 0.15) is 11.8 Å². The van der Waals surface area contributed by atoms with E-state index in [-0.39, 0.29) is 0 Å². The Balaban J connectivity index is 2.00. The highest BCUT2D eigenvalue weighted by Crippen LogP contribution is 2.14. The van der Waals surface area contributed by atoms with Gasteiger partial charge in [0.05, 0.1) is 36.9 Å². The van der Waals surface area contributed by atoms with Crippen molar-refractivity contribution in [1.82, 2.24) is 14.8 Å². The SMILES string of the molecule is COCCn1cc(Nc2ccc(C#N)nc2)cn1. The highest BCUT2D eigenvalue weighted by molar-refractivity contribution is 5.57. The predicted molar refractivity (Wildman–Crippen MR) is 66.3 cm³/mol. The lowest BCUT2D eigenvalue weighted by molar-refractivity contribution is 0.183. The zero-order valence-electron chi connectivity index (χ0n) is 10.00. The van der Waals surface area contributed by atoms with Gasteiger partial charge >= 0.3 is 0 Å². The average Bonchev–Trinajstić information content (AvgIpc) is 2.85. The first-order valence-electron chi connectivity index (χ1n) is 5.46. The predicted octanol–water partition coefficient (Wildman–Crippen LogP) is 1.54. The number of anilines is 2. The number of pyridine rings is 1. The summed E-state index contributed by atoms with van der Waals surface area (Å²) in [6, 6.07) is 5.44. The maximum Gasteiger partial charge on any atom is 0.140 e. The molecule has 0 fully saturated rings. The molecule has 0 atom stereocenters. The average molecular weight is 243 g/mol. The third-order valence-electron chi connectivity index (χ3n) is 2.32. The van der Waals surface area contributed by atoms with E-state index in [0.29, 0.717) is 18.8 Å². The van der Waals surface area contributed by atoms with Gasteiger partial charge in [-0.25, -0.2) is 4.98 Å². The van der Waals surface area contributed by atoms with Crippen LogP contribution in [0.3, 0.4) is 0 Å². The van der Waals surface area contributed by atoms with Crippen LogP contribution in [0.25, 0.3) is 0 Å². The summed E-state index contributed by atoms with van der Waals surface area (Å²) in [6.07, 6.45) is 5.23. The van der Waals surface area contributed by atoms with Crippen LogP contribution in [0, 0.1) is 11.3 Å². The summed E-state index contributed by atoms with van der Waals surface area (Å²) in [6.45, 7) is 1.34. The minimum absolute atomic E-state index is 0.399. The standard InChI is InChI=1S/C12H13N5O/c1-18-5-4-17-9-12(8-15-17)16-11-3-2-10(6-13)14-7-11/h2-3,7-9,16H,4-5H2,1H3. The van der Waals surface area contributed by atoms with Crippen molar-refractivity contribution in [3.63, 3.8) is 0 Å². The van der Waals surface area contributed by atoms with Gasteiger partial charge in [0.2, 0.25) is 0 Å². The maximum absolute atomic E-state index is 8.65. The Morgan fingerprint density at radius 2 is 2.28 bits per heavy atom. The van der Waals surface area contributed by atoms with Crippen molar-refractivity contribution >= 4 is 11.4 Å². The van der Waals surface area contributed by atoms with Gasteiger partial charge in [-0.05, 0) is 12.1 Å². The molecule has 0 saturated carbocycles. The Kier molecular flexibility index (Phi) is 3.89. The van der Waals surface area contributed by atoms with Crippen LogP contribution >= 0.6 is 0 Å². The zero-order valence-corrected chi connectivity index (χ0v) is 10.00. The van der Waals surface area contributed by atoms with Crippen molar-refractivity contribution in [2.45, 2.75) is 6.54 Å². The van der Waals surface area contributed by atoms with Crippen molar-refractivity contribution < 1.29 is 4.74 Å². The summed E-state index contributed by atoms with van der Waals surface area (Å²) in [5, 5.41) is 16.0. The van der Waals surface area contributed by atoms with Crippen molar-refractivity contribution in [1.29, 1.82) is 5.26 Å². The first-order chi connectivity index (χ1) is 8.81. The molecule has 2 rings (SSSR count). The number of rotatable bonds is 5. The third-order valence-corrected chi connectivity index (χ3v) is 2.32. The van der Waals surface area contributed by atoms with Gasteiger partial charge < -0.3 is 10.1 Å². The van der Waals surface area contributed by atoms with Crippen LogP contribution in [0.15, 0.2) is 30.7 Å². The van der Waals surface area contributed by atoms with E-state index in [1.54, 1.807) is 36.3 Å². The summed E-state index contributed by atoms with van der Waals surface area (Å²) in [5.74, 6) is 0. The lowest BCUT2D eigenvalue weighted by Gasteiger charge is -2.02. The van der Waals surface area contributed by atoms with E-state index in [0.717, 1.165) is 11.4 Å². The second-order valence-electron chi connectivity index (χ2n) is 3.65. The van der Waals surface area contributed by atoms with E-state index in [9.17, 15) is 0 Å². The van der Waals surface area contributed by atoms with Crippen LogP contribution < -0.4 is 5.32 Å². The molecule has 0 aromatic carbocycles. The number of nitrogens with zero attached hydrogens (tertiary/aromatic N) is 4. The van der Waals surface area contributed by atoms with Gasteiger partial charge in [-0.2, -0.15) is 10.4 Å². The summed E-state index contributed by atoms with van der Waals surface area (Å²) in [5.41, 5.74) is 2.09. The molecule has 1 N–H and O–H groups in total. The molecule has 18 heavy (non-hydrogen) atoms. The Morgan fingerprint density at radius 1 is 1.39 bits per heavy atom. The van der Waals surface area contributed by atoms with Gasteiger partial charge in [0.15, 0.2) is 0 Å². The molecule has 0 aliphatic carbocycles. The molecule has 0 aliphatic heterocycles. The number of hydrogen-bond donors (Lipinski definition) is 1. The van der Waals surface area contributed by atoms with Gasteiger partial charge in [0.25, 0.3) is 0 Å². The van der Waals surface area contributed by atoms with E-state index in [1.165, 1.54) is 0 Å².